The van der Waals surface area contributed by atoms with Gasteiger partial charge in [-0.2, -0.15) is 0 Å². The van der Waals surface area contributed by atoms with E-state index in [-0.39, 0.29) is 0 Å². The second kappa shape index (κ2) is 5.22. The second-order valence-electron chi connectivity index (χ2n) is 2.56. The van der Waals surface area contributed by atoms with Crippen molar-refractivity contribution in [3.63, 3.8) is 0 Å². The van der Waals surface area contributed by atoms with E-state index in [1.165, 1.54) is 0 Å². The zero-order valence-electron chi connectivity index (χ0n) is 7.19. The van der Waals surface area contributed by atoms with Gasteiger partial charge in [0, 0.05) is 0 Å². The molecule has 0 amide bonds. The van der Waals surface area contributed by atoms with Gasteiger partial charge in [0.1, 0.15) is 5.75 Å². The first-order chi connectivity index (χ1) is 5.84. The maximum Gasteiger partial charge on any atom is 0.152 e. The van der Waals surface area contributed by atoms with E-state index in [4.69, 9.17) is 0 Å². The molecule has 0 aliphatic heterocycles. The van der Waals surface area contributed by atoms with E-state index < -0.39 is 11.2 Å². The Balaban J connectivity index is 2.48. The van der Waals surface area contributed by atoms with E-state index in [0.29, 0.717) is 0 Å². The van der Waals surface area contributed by atoms with Gasteiger partial charge < -0.3 is 4.55 Å². The molecular weight excluding hydrogens is 168 g/mol. The predicted octanol–water partition coefficient (Wildman–Crippen LogP) is 2.41. The highest BCUT2D eigenvalue weighted by molar-refractivity contribution is 7.91. The molecule has 1 unspecified atom stereocenters. The molecule has 1 aromatic rings. The first-order valence-electron chi connectivity index (χ1n) is 4.06. The Morgan fingerprint density at radius 1 is 1.33 bits per heavy atom. The molecule has 0 aromatic heterocycles. The van der Waals surface area contributed by atoms with Gasteiger partial charge in [-0.25, -0.2) is 0 Å². The van der Waals surface area contributed by atoms with Crippen molar-refractivity contribution in [2.75, 3.05) is 5.75 Å². The summed E-state index contributed by atoms with van der Waals surface area (Å²) in [6.07, 6.45) is 2.96. The van der Waals surface area contributed by atoms with E-state index in [2.05, 4.69) is 0 Å². The third kappa shape index (κ3) is 2.88. The molecule has 1 nitrogen and oxygen atoms in total. The van der Waals surface area contributed by atoms with E-state index in [1.807, 2.05) is 43.7 Å². The maximum absolute atomic E-state index is 11.5. The van der Waals surface area contributed by atoms with Gasteiger partial charge in [0.25, 0.3) is 0 Å². The monoisotopic (exact) mass is 181 g/mol. The van der Waals surface area contributed by atoms with Gasteiger partial charge in [0.05, 0.1) is 0 Å². The number of benzene rings is 1. The first kappa shape index (κ1) is 9.62. The summed E-state index contributed by atoms with van der Waals surface area (Å²) in [6, 6.07) is 9.59. The Kier molecular flexibility index (Phi) is 4.19. The molecule has 0 saturated carbocycles. The molecule has 12 heavy (non-hydrogen) atoms. The second-order valence-corrected chi connectivity index (χ2v) is 4.13. The Labute approximate surface area is 77.0 Å². The normalized spacial score (nSPS) is 12.8. The maximum atomic E-state index is 11.5. The lowest BCUT2D eigenvalue weighted by atomic mass is 10.4. The van der Waals surface area contributed by atoms with Gasteiger partial charge in [-0.15, -0.1) is 0 Å². The summed E-state index contributed by atoms with van der Waals surface area (Å²) in [5, 5.41) is 0. The van der Waals surface area contributed by atoms with Crippen LogP contribution in [0.5, 0.6) is 0 Å². The van der Waals surface area contributed by atoms with E-state index in [1.54, 1.807) is 0 Å². The highest BCUT2D eigenvalue weighted by Gasteiger charge is 2.07. The lowest BCUT2D eigenvalue weighted by molar-refractivity contribution is 0.594. The van der Waals surface area contributed by atoms with Crippen LogP contribution in [0.2, 0.25) is 0 Å². The molecular formula is C10H13OS. The fourth-order valence-corrected chi connectivity index (χ4v) is 2.06. The van der Waals surface area contributed by atoms with Gasteiger partial charge in [-0.05, 0) is 36.2 Å². The van der Waals surface area contributed by atoms with Gasteiger partial charge in [0.2, 0.25) is 0 Å². The molecule has 0 bridgehead atoms. The van der Waals surface area contributed by atoms with E-state index >= 15 is 0 Å². The molecule has 2 heteroatoms. The number of hydrogen-bond donors (Lipinski definition) is 0. The van der Waals surface area contributed by atoms with Crippen molar-refractivity contribution in [2.45, 2.75) is 18.2 Å². The lowest BCUT2D eigenvalue weighted by Gasteiger charge is -2.08. The van der Waals surface area contributed by atoms with Gasteiger partial charge in [-0.1, -0.05) is 25.1 Å². The summed E-state index contributed by atoms with van der Waals surface area (Å²) in [4.78, 5) is 0.930. The molecule has 1 radical (unpaired) electrons. The molecule has 1 aromatic carbocycles. The minimum Gasteiger partial charge on any atom is -0.611 e. The molecule has 0 spiro atoms. The Bertz CT molecular complexity index is 210. The smallest absolute Gasteiger partial charge is 0.152 e. The summed E-state index contributed by atoms with van der Waals surface area (Å²) in [5.41, 5.74) is 0. The van der Waals surface area contributed by atoms with Crippen molar-refractivity contribution < 1.29 is 4.55 Å². The van der Waals surface area contributed by atoms with Crippen LogP contribution in [-0.4, -0.2) is 10.3 Å². The molecule has 0 aliphatic carbocycles. The summed E-state index contributed by atoms with van der Waals surface area (Å²) in [6.45, 7) is 1.99. The average Bonchev–Trinajstić information content (AvgIpc) is 2.15. The SMILES string of the molecule is C[CH]CC[S+]([O-])c1ccccc1. The van der Waals surface area contributed by atoms with Crippen LogP contribution < -0.4 is 0 Å². The van der Waals surface area contributed by atoms with E-state index in [9.17, 15) is 4.55 Å². The molecule has 65 valence electrons. The van der Waals surface area contributed by atoms with Crippen LogP contribution in [0.25, 0.3) is 0 Å². The highest BCUT2D eigenvalue weighted by atomic mass is 32.2. The third-order valence-electron chi connectivity index (χ3n) is 1.60. The fourth-order valence-electron chi connectivity index (χ4n) is 0.915. The van der Waals surface area contributed by atoms with Crippen LogP contribution in [0.3, 0.4) is 0 Å². The summed E-state index contributed by atoms with van der Waals surface area (Å²) in [5.74, 6) is 0.737. The molecule has 1 atom stereocenters. The van der Waals surface area contributed by atoms with E-state index in [0.717, 1.165) is 17.1 Å². The molecule has 0 fully saturated rings. The number of hydrogen-bond acceptors (Lipinski definition) is 1. The van der Waals surface area contributed by atoms with Crippen molar-refractivity contribution in [1.82, 2.24) is 0 Å². The summed E-state index contributed by atoms with van der Waals surface area (Å²) < 4.78 is 11.5. The molecule has 1 rings (SSSR count). The summed E-state index contributed by atoms with van der Waals surface area (Å²) >= 11 is -0.815. The largest absolute Gasteiger partial charge is 0.611 e. The standard InChI is InChI=1S/C10H13OS/c1-2-3-9-12(11)10-7-5-4-6-8-10/h2,4-8H,3,9H2,1H3. The number of rotatable bonds is 4. The minimum atomic E-state index is -0.815. The van der Waals surface area contributed by atoms with Crippen LogP contribution in [-0.2, 0) is 11.2 Å². The summed E-state index contributed by atoms with van der Waals surface area (Å²) in [7, 11) is 0. The lowest BCUT2D eigenvalue weighted by Crippen LogP contribution is -2.06. The van der Waals surface area contributed by atoms with Crippen molar-refractivity contribution in [3.8, 4) is 0 Å². The van der Waals surface area contributed by atoms with Crippen LogP contribution in [0, 0.1) is 6.42 Å². The average molecular weight is 181 g/mol. The van der Waals surface area contributed by atoms with Crippen molar-refractivity contribution in [2.24, 2.45) is 0 Å². The van der Waals surface area contributed by atoms with Crippen LogP contribution in [0.15, 0.2) is 35.2 Å². The Morgan fingerprint density at radius 3 is 2.58 bits per heavy atom. The molecule has 0 N–H and O–H groups in total. The molecule has 0 saturated heterocycles. The van der Waals surface area contributed by atoms with Gasteiger partial charge >= 0.3 is 0 Å². The molecule has 0 heterocycles. The van der Waals surface area contributed by atoms with Crippen LogP contribution in [0.4, 0.5) is 0 Å². The van der Waals surface area contributed by atoms with Crippen molar-refractivity contribution in [1.29, 1.82) is 0 Å². The minimum absolute atomic E-state index is 0.737. The first-order valence-corrected chi connectivity index (χ1v) is 5.37. The quantitative estimate of drug-likeness (QED) is 0.654. The Morgan fingerprint density at radius 2 is 2.00 bits per heavy atom. The highest BCUT2D eigenvalue weighted by Crippen LogP contribution is 2.11. The van der Waals surface area contributed by atoms with Crippen molar-refractivity contribution in [3.05, 3.63) is 36.8 Å². The van der Waals surface area contributed by atoms with Gasteiger partial charge in [-0.3, -0.25) is 0 Å². The zero-order valence-corrected chi connectivity index (χ0v) is 8.01. The predicted molar refractivity (Wildman–Crippen MR) is 52.3 cm³/mol. The third-order valence-corrected chi connectivity index (χ3v) is 3.00. The number of unbranched alkanes of at least 4 members (excludes halogenated alkanes) is 1. The Hall–Kier alpha value is -0.470. The van der Waals surface area contributed by atoms with Crippen LogP contribution in [0.1, 0.15) is 13.3 Å². The fraction of sp³-hybridized carbons (Fsp3) is 0.300. The molecule has 0 aliphatic rings. The van der Waals surface area contributed by atoms with Gasteiger partial charge in [0.15, 0.2) is 4.90 Å². The van der Waals surface area contributed by atoms with Crippen molar-refractivity contribution >= 4 is 11.2 Å². The topological polar surface area (TPSA) is 23.1 Å². The zero-order chi connectivity index (χ0) is 8.81. The van der Waals surface area contributed by atoms with Crippen LogP contribution >= 0.6 is 0 Å².